The van der Waals surface area contributed by atoms with Crippen molar-refractivity contribution in [2.24, 2.45) is 0 Å². The third kappa shape index (κ3) is 2.34. The molecule has 1 saturated carbocycles. The fourth-order valence-corrected chi connectivity index (χ4v) is 3.51. The smallest absolute Gasteiger partial charge is 0.191 e. The number of nitrogens with one attached hydrogen (secondary N) is 1. The molecule has 3 nitrogen and oxygen atoms in total. The molecule has 1 fully saturated rings. The number of aryl methyl sites for hydroxylation is 1. The summed E-state index contributed by atoms with van der Waals surface area (Å²) < 4.78 is 0. The number of aromatic nitrogens is 3. The summed E-state index contributed by atoms with van der Waals surface area (Å²) in [7, 11) is 0. The Morgan fingerprint density at radius 2 is 2.11 bits per heavy atom. The van der Waals surface area contributed by atoms with Crippen LogP contribution in [0.25, 0.3) is 10.7 Å². The Morgan fingerprint density at radius 1 is 1.28 bits per heavy atom. The Kier molecular flexibility index (Phi) is 3.46. The topological polar surface area (TPSA) is 41.6 Å². The molecule has 0 spiro atoms. The molecule has 18 heavy (non-hydrogen) atoms. The predicted octanol–water partition coefficient (Wildman–Crippen LogP) is 4.14. The van der Waals surface area contributed by atoms with Gasteiger partial charge in [-0.3, -0.25) is 5.10 Å². The Hall–Kier alpha value is -1.16. The molecule has 2 heterocycles. The van der Waals surface area contributed by atoms with Gasteiger partial charge in [0.25, 0.3) is 0 Å². The first-order valence-electron chi connectivity index (χ1n) is 6.88. The van der Waals surface area contributed by atoms with E-state index in [1.54, 1.807) is 11.3 Å². The minimum absolute atomic E-state index is 0.602. The first-order chi connectivity index (χ1) is 8.86. The van der Waals surface area contributed by atoms with Gasteiger partial charge in [-0.1, -0.05) is 26.2 Å². The second-order valence-electron chi connectivity index (χ2n) is 5.00. The summed E-state index contributed by atoms with van der Waals surface area (Å²) >= 11 is 1.80. The molecule has 4 heteroatoms. The molecule has 0 unspecified atom stereocenters. The van der Waals surface area contributed by atoms with Gasteiger partial charge in [0.15, 0.2) is 5.82 Å². The zero-order valence-electron chi connectivity index (χ0n) is 10.8. The highest BCUT2D eigenvalue weighted by Crippen LogP contribution is 2.32. The van der Waals surface area contributed by atoms with Crippen molar-refractivity contribution in [1.82, 2.24) is 15.2 Å². The van der Waals surface area contributed by atoms with Crippen molar-refractivity contribution in [1.29, 1.82) is 0 Å². The molecular weight excluding hydrogens is 242 g/mol. The molecule has 0 radical (unpaired) electrons. The van der Waals surface area contributed by atoms with Crippen molar-refractivity contribution >= 4 is 11.3 Å². The predicted molar refractivity (Wildman–Crippen MR) is 74.9 cm³/mol. The van der Waals surface area contributed by atoms with E-state index < -0.39 is 0 Å². The highest BCUT2D eigenvalue weighted by Gasteiger charge is 2.19. The second kappa shape index (κ2) is 5.22. The number of rotatable bonds is 3. The average Bonchev–Trinajstić information content (AvgIpc) is 3.08. The van der Waals surface area contributed by atoms with Gasteiger partial charge in [-0.15, -0.1) is 11.3 Å². The van der Waals surface area contributed by atoms with Crippen LogP contribution < -0.4 is 0 Å². The van der Waals surface area contributed by atoms with Crippen LogP contribution >= 0.6 is 11.3 Å². The van der Waals surface area contributed by atoms with Gasteiger partial charge in [-0.25, -0.2) is 4.98 Å². The van der Waals surface area contributed by atoms with E-state index in [2.05, 4.69) is 29.3 Å². The summed E-state index contributed by atoms with van der Waals surface area (Å²) in [5.41, 5.74) is 0. The van der Waals surface area contributed by atoms with Crippen molar-refractivity contribution in [3.05, 3.63) is 22.8 Å². The number of hydrogen-bond acceptors (Lipinski definition) is 3. The van der Waals surface area contributed by atoms with E-state index >= 15 is 0 Å². The molecule has 1 N–H and O–H groups in total. The van der Waals surface area contributed by atoms with Crippen molar-refractivity contribution in [2.45, 2.75) is 51.4 Å². The van der Waals surface area contributed by atoms with Crippen molar-refractivity contribution in [3.8, 4) is 10.7 Å². The molecule has 0 atom stereocenters. The van der Waals surface area contributed by atoms with Crippen molar-refractivity contribution in [3.63, 3.8) is 0 Å². The molecule has 1 aliphatic carbocycles. The summed E-state index contributed by atoms with van der Waals surface area (Å²) in [5, 5.41) is 7.53. The maximum absolute atomic E-state index is 4.70. The Morgan fingerprint density at radius 3 is 2.83 bits per heavy atom. The highest BCUT2D eigenvalue weighted by atomic mass is 32.1. The molecule has 2 aromatic rings. The number of H-pyrrole nitrogens is 1. The fourth-order valence-electron chi connectivity index (χ4n) is 2.63. The normalized spacial score (nSPS) is 17.2. The summed E-state index contributed by atoms with van der Waals surface area (Å²) in [4.78, 5) is 7.28. The maximum Gasteiger partial charge on any atom is 0.191 e. The molecule has 96 valence electrons. The van der Waals surface area contributed by atoms with Crippen LogP contribution in [0.2, 0.25) is 0 Å². The van der Waals surface area contributed by atoms with E-state index in [1.165, 1.54) is 41.9 Å². The summed E-state index contributed by atoms with van der Waals surface area (Å²) in [6.07, 6.45) is 7.66. The first kappa shape index (κ1) is 11.9. The van der Waals surface area contributed by atoms with E-state index in [0.29, 0.717) is 5.92 Å². The first-order valence-corrected chi connectivity index (χ1v) is 7.70. The van der Waals surface area contributed by atoms with Crippen molar-refractivity contribution in [2.75, 3.05) is 0 Å². The standard InChI is InChI=1S/C14H19N3S/c1-2-11-8-9-12(18-11)14-15-13(16-17-14)10-6-4-3-5-7-10/h8-10H,2-7H2,1H3,(H,15,16,17). The lowest BCUT2D eigenvalue weighted by molar-refractivity contribution is 0.429. The molecular formula is C14H19N3S. The summed E-state index contributed by atoms with van der Waals surface area (Å²) in [6, 6.07) is 4.31. The van der Waals surface area contributed by atoms with E-state index in [0.717, 1.165) is 18.1 Å². The van der Waals surface area contributed by atoms with Gasteiger partial charge in [-0.05, 0) is 31.4 Å². The fraction of sp³-hybridized carbons (Fsp3) is 0.571. The largest absolute Gasteiger partial charge is 0.262 e. The third-order valence-electron chi connectivity index (χ3n) is 3.73. The third-order valence-corrected chi connectivity index (χ3v) is 4.95. The molecule has 2 aromatic heterocycles. The minimum Gasteiger partial charge on any atom is -0.262 e. The second-order valence-corrected chi connectivity index (χ2v) is 6.17. The quantitative estimate of drug-likeness (QED) is 0.902. The van der Waals surface area contributed by atoms with Gasteiger partial charge < -0.3 is 0 Å². The van der Waals surface area contributed by atoms with Gasteiger partial charge >= 0.3 is 0 Å². The zero-order valence-corrected chi connectivity index (χ0v) is 11.6. The van der Waals surface area contributed by atoms with Gasteiger partial charge in [0.1, 0.15) is 5.82 Å². The van der Waals surface area contributed by atoms with Gasteiger partial charge in [-0.2, -0.15) is 5.10 Å². The molecule has 0 aromatic carbocycles. The lowest BCUT2D eigenvalue weighted by atomic mass is 9.89. The molecule has 0 amide bonds. The molecule has 0 aliphatic heterocycles. The highest BCUT2D eigenvalue weighted by molar-refractivity contribution is 7.15. The van der Waals surface area contributed by atoms with E-state index in [1.807, 2.05) is 0 Å². The van der Waals surface area contributed by atoms with Crippen molar-refractivity contribution < 1.29 is 0 Å². The van der Waals surface area contributed by atoms with Gasteiger partial charge in [0, 0.05) is 10.8 Å². The Labute approximate surface area is 112 Å². The zero-order chi connectivity index (χ0) is 12.4. The maximum atomic E-state index is 4.70. The summed E-state index contributed by atoms with van der Waals surface area (Å²) in [6.45, 7) is 2.18. The molecule has 1 aliphatic rings. The molecule has 0 saturated heterocycles. The van der Waals surface area contributed by atoms with Crippen LogP contribution in [0.15, 0.2) is 12.1 Å². The Bertz CT molecular complexity index is 509. The number of nitrogens with zero attached hydrogens (tertiary/aromatic N) is 2. The van der Waals surface area contributed by atoms with Crippen LogP contribution in [-0.4, -0.2) is 15.2 Å². The van der Waals surface area contributed by atoms with Crippen LogP contribution in [0.5, 0.6) is 0 Å². The molecule has 0 bridgehead atoms. The summed E-state index contributed by atoms with van der Waals surface area (Å²) in [5.74, 6) is 2.57. The van der Waals surface area contributed by atoms with Gasteiger partial charge in [0.2, 0.25) is 0 Å². The van der Waals surface area contributed by atoms with E-state index in [4.69, 9.17) is 4.98 Å². The molecule has 3 rings (SSSR count). The lowest BCUT2D eigenvalue weighted by Crippen LogP contribution is -2.06. The van der Waals surface area contributed by atoms with Crippen LogP contribution in [-0.2, 0) is 6.42 Å². The number of thiophene rings is 1. The SMILES string of the molecule is CCc1ccc(-c2n[nH]c(C3CCCCC3)n2)s1. The monoisotopic (exact) mass is 261 g/mol. The van der Waals surface area contributed by atoms with E-state index in [-0.39, 0.29) is 0 Å². The van der Waals surface area contributed by atoms with Gasteiger partial charge in [0.05, 0.1) is 4.88 Å². The Balaban J connectivity index is 1.79. The van der Waals surface area contributed by atoms with Crippen LogP contribution in [0.4, 0.5) is 0 Å². The van der Waals surface area contributed by atoms with Crippen LogP contribution in [0.1, 0.15) is 55.6 Å². The van der Waals surface area contributed by atoms with E-state index in [9.17, 15) is 0 Å². The number of hydrogen-bond donors (Lipinski definition) is 1. The minimum atomic E-state index is 0.602. The number of aromatic amines is 1. The average molecular weight is 261 g/mol. The van der Waals surface area contributed by atoms with Crippen LogP contribution in [0, 0.1) is 0 Å². The van der Waals surface area contributed by atoms with Crippen LogP contribution in [0.3, 0.4) is 0 Å². The lowest BCUT2D eigenvalue weighted by Gasteiger charge is -2.18.